The van der Waals surface area contributed by atoms with E-state index in [1.165, 1.54) is 5.56 Å². The number of hydrogen-bond donors (Lipinski definition) is 3. The van der Waals surface area contributed by atoms with Gasteiger partial charge in [0.05, 0.1) is 11.0 Å². The third kappa shape index (κ3) is 2.31. The Balaban J connectivity index is 0.00000133. The Morgan fingerprint density at radius 1 is 1.21 bits per heavy atom. The van der Waals surface area contributed by atoms with E-state index in [-0.39, 0.29) is 12.4 Å². The van der Waals surface area contributed by atoms with Crippen molar-refractivity contribution in [2.75, 3.05) is 7.05 Å². The van der Waals surface area contributed by atoms with Crippen LogP contribution < -0.4 is 16.4 Å². The summed E-state index contributed by atoms with van der Waals surface area (Å²) in [6.45, 7) is 0. The summed E-state index contributed by atoms with van der Waals surface area (Å²) in [4.78, 5) is 28.1. The van der Waals surface area contributed by atoms with Gasteiger partial charge in [0.25, 0.3) is 0 Å². The largest absolute Gasteiger partial charge is 0.317 e. The van der Waals surface area contributed by atoms with Gasteiger partial charge in [0, 0.05) is 6.04 Å². The van der Waals surface area contributed by atoms with Gasteiger partial charge >= 0.3 is 11.1 Å². The summed E-state index contributed by atoms with van der Waals surface area (Å²) in [6.07, 6.45) is 2.98. The van der Waals surface area contributed by atoms with E-state index >= 15 is 0 Å². The molecular weight excluding hydrogens is 266 g/mol. The van der Waals surface area contributed by atoms with Crippen LogP contribution in [-0.4, -0.2) is 23.1 Å². The molecule has 5 nitrogen and oxygen atoms in total. The highest BCUT2D eigenvalue weighted by atomic mass is 35.5. The van der Waals surface area contributed by atoms with E-state index in [1.807, 2.05) is 19.2 Å². The average Bonchev–Trinajstić information content (AvgIpc) is 2.39. The van der Waals surface area contributed by atoms with Gasteiger partial charge in [-0.25, -0.2) is 0 Å². The Kier molecular flexibility index (Phi) is 3.78. The number of fused-ring (bicyclic) bond motifs is 3. The first kappa shape index (κ1) is 13.8. The van der Waals surface area contributed by atoms with Crippen molar-refractivity contribution in [3.05, 3.63) is 44.0 Å². The first-order chi connectivity index (χ1) is 8.69. The molecule has 0 bridgehead atoms. The summed E-state index contributed by atoms with van der Waals surface area (Å²) in [5.74, 6) is 0. The van der Waals surface area contributed by atoms with Crippen LogP contribution in [0.3, 0.4) is 0 Å². The van der Waals surface area contributed by atoms with Crippen LogP contribution in [-0.2, 0) is 12.8 Å². The zero-order valence-electron chi connectivity index (χ0n) is 10.6. The van der Waals surface area contributed by atoms with Gasteiger partial charge in [-0.05, 0) is 43.5 Å². The van der Waals surface area contributed by atoms with E-state index in [4.69, 9.17) is 0 Å². The van der Waals surface area contributed by atoms with Crippen molar-refractivity contribution < 1.29 is 0 Å². The van der Waals surface area contributed by atoms with E-state index in [0.29, 0.717) is 11.6 Å². The van der Waals surface area contributed by atoms with E-state index < -0.39 is 11.1 Å². The van der Waals surface area contributed by atoms with Gasteiger partial charge < -0.3 is 15.3 Å². The molecule has 0 fully saturated rings. The summed E-state index contributed by atoms with van der Waals surface area (Å²) >= 11 is 0. The minimum atomic E-state index is -0.594. The van der Waals surface area contributed by atoms with E-state index in [0.717, 1.165) is 30.3 Å². The minimum absolute atomic E-state index is 0. The maximum atomic E-state index is 11.5. The van der Waals surface area contributed by atoms with Crippen LogP contribution >= 0.6 is 12.4 Å². The second-order valence-electron chi connectivity index (χ2n) is 4.76. The van der Waals surface area contributed by atoms with Crippen molar-refractivity contribution in [1.82, 2.24) is 15.3 Å². The molecule has 1 unspecified atom stereocenters. The molecule has 1 atom stereocenters. The SMILES string of the molecule is CNC1CCc2ccc3[nH]c(=O)c(=O)[nH]c3c2C1.Cl. The second kappa shape index (κ2) is 5.19. The van der Waals surface area contributed by atoms with Crippen molar-refractivity contribution in [1.29, 1.82) is 0 Å². The van der Waals surface area contributed by atoms with Crippen molar-refractivity contribution in [2.24, 2.45) is 0 Å². The van der Waals surface area contributed by atoms with E-state index in [1.54, 1.807) is 0 Å². The lowest BCUT2D eigenvalue weighted by molar-refractivity contribution is 0.498. The van der Waals surface area contributed by atoms with Gasteiger partial charge in [-0.3, -0.25) is 9.59 Å². The number of aromatic amines is 2. The van der Waals surface area contributed by atoms with E-state index in [9.17, 15) is 9.59 Å². The van der Waals surface area contributed by atoms with Crippen LogP contribution in [0, 0.1) is 0 Å². The Labute approximate surface area is 115 Å². The Hall–Kier alpha value is -1.59. The van der Waals surface area contributed by atoms with Gasteiger partial charge in [-0.15, -0.1) is 12.4 Å². The van der Waals surface area contributed by atoms with Crippen LogP contribution in [0.15, 0.2) is 21.7 Å². The highest BCUT2D eigenvalue weighted by Crippen LogP contribution is 2.26. The normalized spacial score (nSPS) is 17.8. The standard InChI is InChI=1S/C13H15N3O2.ClH/c1-14-8-4-2-7-3-5-10-11(9(7)6-8)16-13(18)12(17)15-10;/h3,5,8,14H,2,4,6H2,1H3,(H,15,17)(H,16,18);1H. The second-order valence-corrected chi connectivity index (χ2v) is 4.76. The summed E-state index contributed by atoms with van der Waals surface area (Å²) in [5.41, 5.74) is 2.71. The molecule has 6 heteroatoms. The molecular formula is C13H16ClN3O2. The Bertz CT molecular complexity index is 720. The molecule has 0 amide bonds. The Morgan fingerprint density at radius 2 is 1.95 bits per heavy atom. The van der Waals surface area contributed by atoms with Gasteiger partial charge in [0.1, 0.15) is 0 Å². The molecule has 0 saturated heterocycles. The van der Waals surface area contributed by atoms with Crippen LogP contribution in [0.25, 0.3) is 11.0 Å². The van der Waals surface area contributed by atoms with E-state index in [2.05, 4.69) is 15.3 Å². The van der Waals surface area contributed by atoms with Crippen LogP contribution in [0.5, 0.6) is 0 Å². The fourth-order valence-corrected chi connectivity index (χ4v) is 2.68. The molecule has 1 aromatic carbocycles. The monoisotopic (exact) mass is 281 g/mol. The zero-order valence-corrected chi connectivity index (χ0v) is 11.4. The first-order valence-corrected chi connectivity index (χ1v) is 6.13. The maximum Gasteiger partial charge on any atom is 0.314 e. The fraction of sp³-hybridized carbons (Fsp3) is 0.385. The topological polar surface area (TPSA) is 77.8 Å². The minimum Gasteiger partial charge on any atom is -0.317 e. The van der Waals surface area contributed by atoms with Crippen LogP contribution in [0.2, 0.25) is 0 Å². The number of aromatic nitrogens is 2. The Morgan fingerprint density at radius 3 is 2.68 bits per heavy atom. The predicted molar refractivity (Wildman–Crippen MR) is 77.3 cm³/mol. The molecule has 0 aliphatic heterocycles. The molecule has 1 heterocycles. The zero-order chi connectivity index (χ0) is 12.7. The summed E-state index contributed by atoms with van der Waals surface area (Å²) in [5, 5.41) is 3.27. The number of rotatable bonds is 1. The smallest absolute Gasteiger partial charge is 0.314 e. The van der Waals surface area contributed by atoms with Gasteiger partial charge in [-0.2, -0.15) is 0 Å². The maximum absolute atomic E-state index is 11.5. The first-order valence-electron chi connectivity index (χ1n) is 6.13. The quantitative estimate of drug-likeness (QED) is 0.674. The van der Waals surface area contributed by atoms with Gasteiger partial charge in [0.15, 0.2) is 0 Å². The van der Waals surface area contributed by atoms with Crippen molar-refractivity contribution in [3.63, 3.8) is 0 Å². The van der Waals surface area contributed by atoms with Crippen molar-refractivity contribution in [3.8, 4) is 0 Å². The van der Waals surface area contributed by atoms with Gasteiger partial charge in [0.2, 0.25) is 0 Å². The van der Waals surface area contributed by atoms with Crippen molar-refractivity contribution >= 4 is 23.4 Å². The average molecular weight is 282 g/mol. The number of hydrogen-bond acceptors (Lipinski definition) is 3. The van der Waals surface area contributed by atoms with Gasteiger partial charge in [-0.1, -0.05) is 6.07 Å². The molecule has 1 aliphatic rings. The van der Waals surface area contributed by atoms with Crippen molar-refractivity contribution in [2.45, 2.75) is 25.3 Å². The lowest BCUT2D eigenvalue weighted by Crippen LogP contribution is -2.33. The molecule has 0 saturated carbocycles. The fourth-order valence-electron chi connectivity index (χ4n) is 2.68. The lowest BCUT2D eigenvalue weighted by atomic mass is 9.87. The summed E-state index contributed by atoms with van der Waals surface area (Å²) in [6, 6.07) is 4.33. The number of H-pyrrole nitrogens is 2. The van der Waals surface area contributed by atoms with Crippen LogP contribution in [0.4, 0.5) is 0 Å². The number of halogens is 1. The molecule has 0 spiro atoms. The third-order valence-electron chi connectivity index (χ3n) is 3.72. The molecule has 0 radical (unpaired) electrons. The molecule has 19 heavy (non-hydrogen) atoms. The molecule has 2 aromatic rings. The molecule has 102 valence electrons. The molecule has 1 aliphatic carbocycles. The number of likely N-dealkylation sites (N-methyl/N-ethyl adjacent to an activating group) is 1. The highest BCUT2D eigenvalue weighted by molar-refractivity contribution is 5.85. The molecule has 3 rings (SSSR count). The predicted octanol–water partition coefficient (Wildman–Crippen LogP) is 0.715. The number of aryl methyl sites for hydroxylation is 1. The lowest BCUT2D eigenvalue weighted by Gasteiger charge is -2.25. The van der Waals surface area contributed by atoms with Crippen LogP contribution in [0.1, 0.15) is 17.5 Å². The number of benzene rings is 1. The summed E-state index contributed by atoms with van der Waals surface area (Å²) < 4.78 is 0. The third-order valence-corrected chi connectivity index (χ3v) is 3.72. The molecule has 3 N–H and O–H groups in total. The molecule has 1 aromatic heterocycles. The summed E-state index contributed by atoms with van der Waals surface area (Å²) in [7, 11) is 1.95. The highest BCUT2D eigenvalue weighted by Gasteiger charge is 2.20. The number of nitrogens with one attached hydrogen (secondary N) is 3.